The Bertz CT molecular complexity index is 555. The molecule has 1 aromatic carbocycles. The number of sulfonamides is 1. The van der Waals surface area contributed by atoms with E-state index < -0.39 is 10.0 Å². The first-order valence-electron chi connectivity index (χ1n) is 5.98. The van der Waals surface area contributed by atoms with Crippen LogP contribution in [-0.4, -0.2) is 20.9 Å². The molecule has 7 heteroatoms. The van der Waals surface area contributed by atoms with Crippen molar-refractivity contribution in [3.8, 4) is 0 Å². The van der Waals surface area contributed by atoms with Gasteiger partial charge in [-0.05, 0) is 44.0 Å². The molecule has 19 heavy (non-hydrogen) atoms. The van der Waals surface area contributed by atoms with E-state index in [0.717, 1.165) is 12.0 Å². The topological polar surface area (TPSA) is 115 Å². The molecular formula is C12H19N3O3S. The molecule has 0 atom stereocenters. The lowest BCUT2D eigenvalue weighted by molar-refractivity contribution is -0.116. The molecule has 0 heterocycles. The summed E-state index contributed by atoms with van der Waals surface area (Å²) in [5.41, 5.74) is 6.59. The molecule has 0 aliphatic heterocycles. The third-order valence-electron chi connectivity index (χ3n) is 2.67. The summed E-state index contributed by atoms with van der Waals surface area (Å²) in [6.07, 6.45) is 1.84. The maximum atomic E-state index is 11.7. The van der Waals surface area contributed by atoms with Crippen LogP contribution in [-0.2, 0) is 14.8 Å². The number of carbonyl (C=O) groups is 1. The molecule has 0 saturated carbocycles. The van der Waals surface area contributed by atoms with Crippen molar-refractivity contribution in [3.63, 3.8) is 0 Å². The number of nitrogens with two attached hydrogens (primary N) is 2. The van der Waals surface area contributed by atoms with Crippen LogP contribution >= 0.6 is 0 Å². The van der Waals surface area contributed by atoms with Crippen LogP contribution in [0.25, 0.3) is 0 Å². The summed E-state index contributed by atoms with van der Waals surface area (Å²) in [4.78, 5) is 11.6. The highest BCUT2D eigenvalue weighted by Gasteiger charge is 2.11. The first-order chi connectivity index (χ1) is 8.84. The van der Waals surface area contributed by atoms with E-state index in [2.05, 4.69) is 5.32 Å². The van der Waals surface area contributed by atoms with Gasteiger partial charge in [-0.1, -0.05) is 6.07 Å². The van der Waals surface area contributed by atoms with E-state index in [0.29, 0.717) is 25.1 Å². The Hall–Kier alpha value is -1.44. The highest BCUT2D eigenvalue weighted by Crippen LogP contribution is 2.19. The predicted molar refractivity (Wildman–Crippen MR) is 74.1 cm³/mol. The van der Waals surface area contributed by atoms with Crippen LogP contribution in [0, 0.1) is 6.92 Å². The SMILES string of the molecule is Cc1ccc(S(N)(=O)=O)cc1NC(=O)CCCCN. The Morgan fingerprint density at radius 3 is 2.58 bits per heavy atom. The van der Waals surface area contributed by atoms with Crippen molar-refractivity contribution in [2.45, 2.75) is 31.1 Å². The number of benzene rings is 1. The van der Waals surface area contributed by atoms with Gasteiger partial charge in [0.05, 0.1) is 4.90 Å². The van der Waals surface area contributed by atoms with Crippen molar-refractivity contribution in [2.75, 3.05) is 11.9 Å². The van der Waals surface area contributed by atoms with Gasteiger partial charge in [-0.3, -0.25) is 4.79 Å². The van der Waals surface area contributed by atoms with E-state index in [1.807, 2.05) is 0 Å². The maximum Gasteiger partial charge on any atom is 0.238 e. The van der Waals surface area contributed by atoms with Gasteiger partial charge in [-0.2, -0.15) is 0 Å². The zero-order valence-electron chi connectivity index (χ0n) is 10.8. The molecule has 0 spiro atoms. The standard InChI is InChI=1S/C12H19N3O3S/c1-9-5-6-10(19(14,17)18)8-11(9)15-12(16)4-2-3-7-13/h5-6,8H,2-4,7,13H2,1H3,(H,15,16)(H2,14,17,18). The summed E-state index contributed by atoms with van der Waals surface area (Å²) in [6.45, 7) is 2.33. The second-order valence-electron chi connectivity index (χ2n) is 4.32. The number of anilines is 1. The number of nitrogens with one attached hydrogen (secondary N) is 1. The minimum Gasteiger partial charge on any atom is -0.330 e. The third kappa shape index (κ3) is 4.98. The van der Waals surface area contributed by atoms with Gasteiger partial charge in [0.1, 0.15) is 0 Å². The summed E-state index contributed by atoms with van der Waals surface area (Å²) in [5.74, 6) is -0.164. The van der Waals surface area contributed by atoms with E-state index in [9.17, 15) is 13.2 Å². The first kappa shape index (κ1) is 15.6. The molecule has 1 aromatic rings. The Morgan fingerprint density at radius 1 is 1.32 bits per heavy atom. The maximum absolute atomic E-state index is 11.7. The van der Waals surface area contributed by atoms with Crippen molar-refractivity contribution in [3.05, 3.63) is 23.8 Å². The van der Waals surface area contributed by atoms with Crippen molar-refractivity contribution in [2.24, 2.45) is 10.9 Å². The number of carbonyl (C=O) groups excluding carboxylic acids is 1. The second kappa shape index (κ2) is 6.65. The number of primary sulfonamides is 1. The van der Waals surface area contributed by atoms with Gasteiger partial charge in [0, 0.05) is 12.1 Å². The fraction of sp³-hybridized carbons (Fsp3) is 0.417. The third-order valence-corrected chi connectivity index (χ3v) is 3.58. The minimum atomic E-state index is -3.77. The number of hydrogen-bond donors (Lipinski definition) is 3. The fourth-order valence-corrected chi connectivity index (χ4v) is 2.10. The summed E-state index contributed by atoms with van der Waals surface area (Å²) in [7, 11) is -3.77. The molecule has 0 aromatic heterocycles. The molecule has 5 N–H and O–H groups in total. The van der Waals surface area contributed by atoms with Gasteiger partial charge >= 0.3 is 0 Å². The number of aryl methyl sites for hydroxylation is 1. The zero-order chi connectivity index (χ0) is 14.5. The van der Waals surface area contributed by atoms with Crippen molar-refractivity contribution in [1.82, 2.24) is 0 Å². The van der Waals surface area contributed by atoms with Crippen LogP contribution in [0.3, 0.4) is 0 Å². The lowest BCUT2D eigenvalue weighted by Gasteiger charge is -2.09. The molecule has 1 amide bonds. The fourth-order valence-electron chi connectivity index (χ4n) is 1.56. The van der Waals surface area contributed by atoms with Crippen LogP contribution in [0.4, 0.5) is 5.69 Å². The lowest BCUT2D eigenvalue weighted by Crippen LogP contribution is -2.15. The molecule has 0 saturated heterocycles. The summed E-state index contributed by atoms with van der Waals surface area (Å²) >= 11 is 0. The minimum absolute atomic E-state index is 0.0182. The molecule has 0 bridgehead atoms. The average molecular weight is 285 g/mol. The Morgan fingerprint density at radius 2 is 2.00 bits per heavy atom. The van der Waals surface area contributed by atoms with Gasteiger partial charge in [0.2, 0.25) is 15.9 Å². The van der Waals surface area contributed by atoms with E-state index in [1.165, 1.54) is 12.1 Å². The number of unbranched alkanes of at least 4 members (excludes halogenated alkanes) is 1. The largest absolute Gasteiger partial charge is 0.330 e. The van der Waals surface area contributed by atoms with Gasteiger partial charge in [0.15, 0.2) is 0 Å². The van der Waals surface area contributed by atoms with Gasteiger partial charge in [0.25, 0.3) is 0 Å². The molecule has 0 aliphatic carbocycles. The molecule has 0 radical (unpaired) electrons. The summed E-state index contributed by atoms with van der Waals surface area (Å²) in [6, 6.07) is 4.38. The van der Waals surface area contributed by atoms with E-state index in [-0.39, 0.29) is 10.8 Å². The number of rotatable bonds is 6. The van der Waals surface area contributed by atoms with Crippen LogP contribution in [0.1, 0.15) is 24.8 Å². The number of amides is 1. The smallest absolute Gasteiger partial charge is 0.238 e. The van der Waals surface area contributed by atoms with Crippen LogP contribution < -0.4 is 16.2 Å². The molecular weight excluding hydrogens is 266 g/mol. The molecule has 106 valence electrons. The second-order valence-corrected chi connectivity index (χ2v) is 5.88. The van der Waals surface area contributed by atoms with E-state index in [1.54, 1.807) is 13.0 Å². The van der Waals surface area contributed by atoms with Gasteiger partial charge < -0.3 is 11.1 Å². The van der Waals surface area contributed by atoms with Gasteiger partial charge in [-0.15, -0.1) is 0 Å². The zero-order valence-corrected chi connectivity index (χ0v) is 11.7. The molecule has 0 aliphatic rings. The highest BCUT2D eigenvalue weighted by atomic mass is 32.2. The Balaban J connectivity index is 2.80. The normalized spacial score (nSPS) is 11.3. The van der Waals surface area contributed by atoms with Gasteiger partial charge in [-0.25, -0.2) is 13.6 Å². The summed E-state index contributed by atoms with van der Waals surface area (Å²) in [5, 5.41) is 7.73. The first-order valence-corrected chi connectivity index (χ1v) is 7.52. The van der Waals surface area contributed by atoms with Crippen molar-refractivity contribution >= 4 is 21.6 Å². The average Bonchev–Trinajstić information content (AvgIpc) is 2.31. The highest BCUT2D eigenvalue weighted by molar-refractivity contribution is 7.89. The quantitative estimate of drug-likeness (QED) is 0.667. The molecule has 0 unspecified atom stereocenters. The van der Waals surface area contributed by atoms with Crippen LogP contribution in [0.15, 0.2) is 23.1 Å². The van der Waals surface area contributed by atoms with E-state index in [4.69, 9.17) is 10.9 Å². The number of hydrogen-bond acceptors (Lipinski definition) is 4. The van der Waals surface area contributed by atoms with Crippen LogP contribution in [0.2, 0.25) is 0 Å². The van der Waals surface area contributed by atoms with Crippen LogP contribution in [0.5, 0.6) is 0 Å². The molecule has 0 fully saturated rings. The van der Waals surface area contributed by atoms with Crippen molar-refractivity contribution in [1.29, 1.82) is 0 Å². The van der Waals surface area contributed by atoms with E-state index >= 15 is 0 Å². The molecule has 1 rings (SSSR count). The monoisotopic (exact) mass is 285 g/mol. The predicted octanol–water partition coefficient (Wildman–Crippen LogP) is 0.710. The Labute approximate surface area is 113 Å². The lowest BCUT2D eigenvalue weighted by atomic mass is 10.2. The van der Waals surface area contributed by atoms with Crippen molar-refractivity contribution < 1.29 is 13.2 Å². The Kier molecular flexibility index (Phi) is 5.46. The summed E-state index contributed by atoms with van der Waals surface area (Å²) < 4.78 is 22.5. The molecule has 6 nitrogen and oxygen atoms in total.